The molecule has 3 heteroatoms. The Balaban J connectivity index is 3.34. The van der Waals surface area contributed by atoms with E-state index in [1.807, 2.05) is 0 Å². The lowest BCUT2D eigenvalue weighted by Gasteiger charge is -1.97. The minimum Gasteiger partial charge on any atom is -0.384 e. The molecule has 0 aromatic rings. The van der Waals surface area contributed by atoms with Gasteiger partial charge in [0.05, 0.1) is 0 Å². The summed E-state index contributed by atoms with van der Waals surface area (Å²) in [4.78, 5) is 10.0. The molecule has 0 aliphatic rings. The third kappa shape index (κ3) is 2.31. The number of rotatable bonds is 2. The van der Waals surface area contributed by atoms with Gasteiger partial charge >= 0.3 is 0 Å². The van der Waals surface area contributed by atoms with Gasteiger partial charge in [-0.05, 0) is 6.92 Å². The molecule has 0 saturated carbocycles. The highest BCUT2D eigenvalue weighted by atomic mass is 16.3. The third-order valence-electron chi connectivity index (χ3n) is 0.693. The molecule has 0 saturated heterocycles. The number of nitrogens with two attached hydrogens (primary N) is 1. The highest BCUT2D eigenvalue weighted by molar-refractivity contribution is 5.80. The molecule has 42 valence electrons. The van der Waals surface area contributed by atoms with E-state index < -0.39 is 6.10 Å². The van der Waals surface area contributed by atoms with Gasteiger partial charge in [-0.3, -0.25) is 4.79 Å². The van der Waals surface area contributed by atoms with E-state index in [0.29, 0.717) is 0 Å². The minimum absolute atomic E-state index is 0.0231. The van der Waals surface area contributed by atoms with Crippen molar-refractivity contribution in [3.05, 3.63) is 0 Å². The predicted octanol–water partition coefficient (Wildman–Crippen LogP) is -1.10. The Morgan fingerprint density at radius 3 is 2.43 bits per heavy atom. The van der Waals surface area contributed by atoms with E-state index in [2.05, 4.69) is 0 Å². The Labute approximate surface area is 42.1 Å². The second-order valence-electron chi connectivity index (χ2n) is 1.36. The summed E-state index contributed by atoms with van der Waals surface area (Å²) in [6.45, 7) is 1.33. The molecule has 1 atom stereocenters. The Hall–Kier alpha value is -0.410. The van der Waals surface area contributed by atoms with Gasteiger partial charge in [0.2, 0.25) is 0 Å². The van der Waals surface area contributed by atoms with Crippen LogP contribution in [0.4, 0.5) is 0 Å². The van der Waals surface area contributed by atoms with Crippen molar-refractivity contribution in [3.63, 3.8) is 0 Å². The molecular weight excluding hydrogens is 94.0 g/mol. The van der Waals surface area contributed by atoms with E-state index in [1.54, 1.807) is 0 Å². The minimum atomic E-state index is -0.958. The molecule has 0 aliphatic heterocycles. The Morgan fingerprint density at radius 1 is 2.00 bits per heavy atom. The molecule has 3 nitrogen and oxygen atoms in total. The summed E-state index contributed by atoms with van der Waals surface area (Å²) in [5.41, 5.74) is 4.90. The first kappa shape index (κ1) is 6.59. The number of ketones is 1. The first-order valence-corrected chi connectivity index (χ1v) is 2.07. The highest BCUT2D eigenvalue weighted by Gasteiger charge is 2.03. The number of aliphatic hydroxyl groups is 1. The quantitative estimate of drug-likeness (QED) is 0.466. The van der Waals surface area contributed by atoms with Crippen LogP contribution in [-0.4, -0.2) is 23.5 Å². The van der Waals surface area contributed by atoms with Gasteiger partial charge in [0, 0.05) is 6.54 Å². The average molecular weight is 103 g/mol. The van der Waals surface area contributed by atoms with E-state index in [4.69, 9.17) is 10.8 Å². The fraction of sp³-hybridized carbons (Fsp3) is 0.750. The van der Waals surface area contributed by atoms with Crippen LogP contribution < -0.4 is 5.73 Å². The second kappa shape index (κ2) is 2.71. The molecule has 0 rings (SSSR count). The highest BCUT2D eigenvalue weighted by Crippen LogP contribution is 1.77. The first-order chi connectivity index (χ1) is 3.18. The van der Waals surface area contributed by atoms with Gasteiger partial charge in [-0.1, -0.05) is 0 Å². The summed E-state index contributed by atoms with van der Waals surface area (Å²) in [5.74, 6) is -0.275. The van der Waals surface area contributed by atoms with E-state index in [0.717, 1.165) is 0 Å². The van der Waals surface area contributed by atoms with E-state index in [9.17, 15) is 4.79 Å². The maximum atomic E-state index is 10.0. The third-order valence-corrected chi connectivity index (χ3v) is 0.693. The van der Waals surface area contributed by atoms with Crippen molar-refractivity contribution >= 4 is 5.78 Å². The van der Waals surface area contributed by atoms with Crippen molar-refractivity contribution in [2.75, 3.05) is 6.54 Å². The number of Topliss-reactive ketones (excluding diaryl/α,β-unsaturated/α-hetero) is 1. The van der Waals surface area contributed by atoms with Crippen LogP contribution in [0, 0.1) is 0 Å². The fourth-order valence-corrected chi connectivity index (χ4v) is 0.166. The normalized spacial score (nSPS) is 13.6. The summed E-state index contributed by atoms with van der Waals surface area (Å²) >= 11 is 0. The molecule has 0 aromatic heterocycles. The van der Waals surface area contributed by atoms with Gasteiger partial charge in [0.25, 0.3) is 0 Å². The Morgan fingerprint density at radius 2 is 2.43 bits per heavy atom. The lowest BCUT2D eigenvalue weighted by atomic mass is 10.3. The maximum absolute atomic E-state index is 10.0. The smallest absolute Gasteiger partial charge is 0.159 e. The zero-order chi connectivity index (χ0) is 5.86. The van der Waals surface area contributed by atoms with Gasteiger partial charge in [0.1, 0.15) is 6.10 Å². The lowest BCUT2D eigenvalue weighted by molar-refractivity contribution is -0.124. The molecular formula is C4H9NO2. The number of hydrogen-bond donors (Lipinski definition) is 2. The lowest BCUT2D eigenvalue weighted by Crippen LogP contribution is -2.26. The Kier molecular flexibility index (Phi) is 2.55. The number of hydrogen-bond acceptors (Lipinski definition) is 3. The first-order valence-electron chi connectivity index (χ1n) is 2.07. The van der Waals surface area contributed by atoms with Crippen molar-refractivity contribution in [2.45, 2.75) is 13.0 Å². The van der Waals surface area contributed by atoms with Crippen molar-refractivity contribution in [1.82, 2.24) is 0 Å². The largest absolute Gasteiger partial charge is 0.384 e. The molecule has 0 aromatic carbocycles. The molecule has 7 heavy (non-hydrogen) atoms. The maximum Gasteiger partial charge on any atom is 0.159 e. The zero-order valence-corrected chi connectivity index (χ0v) is 4.22. The molecule has 0 bridgehead atoms. The fourth-order valence-electron chi connectivity index (χ4n) is 0.166. The molecule has 0 heterocycles. The van der Waals surface area contributed by atoms with Crippen LogP contribution >= 0.6 is 0 Å². The molecule has 0 radical (unpaired) electrons. The van der Waals surface area contributed by atoms with Crippen molar-refractivity contribution in [3.8, 4) is 0 Å². The molecule has 0 aliphatic carbocycles. The SMILES string of the molecule is CC(=O)[C@@H](O)CN. The summed E-state index contributed by atoms with van der Waals surface area (Å²) < 4.78 is 0. The van der Waals surface area contributed by atoms with E-state index in [1.165, 1.54) is 6.92 Å². The van der Waals surface area contributed by atoms with E-state index >= 15 is 0 Å². The van der Waals surface area contributed by atoms with Gasteiger partial charge in [-0.25, -0.2) is 0 Å². The van der Waals surface area contributed by atoms with Crippen LogP contribution in [0.1, 0.15) is 6.92 Å². The number of carbonyl (C=O) groups excluding carboxylic acids is 1. The van der Waals surface area contributed by atoms with Crippen LogP contribution in [0.15, 0.2) is 0 Å². The molecule has 3 N–H and O–H groups in total. The zero-order valence-electron chi connectivity index (χ0n) is 4.22. The summed E-state index contributed by atoms with van der Waals surface area (Å²) in [6.07, 6.45) is -0.958. The van der Waals surface area contributed by atoms with Crippen LogP contribution in [0.2, 0.25) is 0 Å². The van der Waals surface area contributed by atoms with Crippen LogP contribution in [0.25, 0.3) is 0 Å². The van der Waals surface area contributed by atoms with Crippen LogP contribution in [0.3, 0.4) is 0 Å². The Bertz CT molecular complexity index is 72.1. The van der Waals surface area contributed by atoms with Gasteiger partial charge < -0.3 is 10.8 Å². The molecule has 0 spiro atoms. The molecule has 0 amide bonds. The van der Waals surface area contributed by atoms with Crippen molar-refractivity contribution in [2.24, 2.45) is 5.73 Å². The number of carbonyl (C=O) groups is 1. The molecule has 0 unspecified atom stereocenters. The van der Waals surface area contributed by atoms with Crippen molar-refractivity contribution in [1.29, 1.82) is 0 Å². The standard InChI is InChI=1S/C4H9NO2/c1-3(6)4(7)2-5/h4,7H,2,5H2,1H3/t4-/m0/s1. The monoisotopic (exact) mass is 103 g/mol. The van der Waals surface area contributed by atoms with Crippen LogP contribution in [0.5, 0.6) is 0 Å². The summed E-state index contributed by atoms with van der Waals surface area (Å²) in [6, 6.07) is 0. The topological polar surface area (TPSA) is 63.3 Å². The molecule has 0 fully saturated rings. The van der Waals surface area contributed by atoms with E-state index in [-0.39, 0.29) is 12.3 Å². The average Bonchev–Trinajstić information content (AvgIpc) is 1.65. The summed E-state index contributed by atoms with van der Waals surface area (Å²) in [7, 11) is 0. The van der Waals surface area contributed by atoms with Gasteiger partial charge in [-0.2, -0.15) is 0 Å². The second-order valence-corrected chi connectivity index (χ2v) is 1.36. The predicted molar refractivity (Wildman–Crippen MR) is 25.7 cm³/mol. The van der Waals surface area contributed by atoms with Crippen LogP contribution in [-0.2, 0) is 4.79 Å². The number of aliphatic hydroxyl groups excluding tert-OH is 1. The van der Waals surface area contributed by atoms with Gasteiger partial charge in [0.15, 0.2) is 5.78 Å². The summed E-state index contributed by atoms with van der Waals surface area (Å²) in [5, 5.41) is 8.46. The van der Waals surface area contributed by atoms with Crippen molar-refractivity contribution < 1.29 is 9.90 Å². The van der Waals surface area contributed by atoms with Gasteiger partial charge in [-0.15, -0.1) is 0 Å².